The minimum atomic E-state index is -4.17. The van der Waals surface area contributed by atoms with Crippen LogP contribution in [0.3, 0.4) is 0 Å². The van der Waals surface area contributed by atoms with E-state index in [1.807, 2.05) is 13.8 Å². The van der Waals surface area contributed by atoms with E-state index in [0.29, 0.717) is 6.42 Å². The van der Waals surface area contributed by atoms with Gasteiger partial charge in [-0.25, -0.2) is 17.5 Å². The first-order valence-corrected chi connectivity index (χ1v) is 12.6. The molecule has 2 atom stereocenters. The maximum absolute atomic E-state index is 14.4. The van der Waals surface area contributed by atoms with E-state index >= 15 is 0 Å². The van der Waals surface area contributed by atoms with Crippen LogP contribution in [-0.2, 0) is 14.8 Å². The maximum atomic E-state index is 14.4. The average molecular weight is 490 g/mol. The lowest BCUT2D eigenvalue weighted by atomic mass is 9.85. The van der Waals surface area contributed by atoms with Gasteiger partial charge in [0.15, 0.2) is 0 Å². The zero-order valence-electron chi connectivity index (χ0n) is 19.1. The van der Waals surface area contributed by atoms with Gasteiger partial charge in [0.1, 0.15) is 10.7 Å². The Bertz CT molecular complexity index is 1210. The smallest absolute Gasteiger partial charge is 0.254 e. The van der Waals surface area contributed by atoms with Crippen LogP contribution in [0.15, 0.2) is 53.7 Å². The molecule has 182 valence electrons. The second-order valence-corrected chi connectivity index (χ2v) is 11.2. The van der Waals surface area contributed by atoms with Gasteiger partial charge >= 0.3 is 0 Å². The summed E-state index contributed by atoms with van der Waals surface area (Å²) >= 11 is 0. The quantitative estimate of drug-likeness (QED) is 0.594. The van der Waals surface area contributed by atoms with Crippen molar-refractivity contribution in [2.24, 2.45) is 5.41 Å². The molecule has 2 aliphatic rings. The van der Waals surface area contributed by atoms with E-state index in [9.17, 15) is 22.4 Å². The van der Waals surface area contributed by atoms with E-state index in [4.69, 9.17) is 0 Å². The third-order valence-electron chi connectivity index (χ3n) is 6.12. The highest BCUT2D eigenvalue weighted by Crippen LogP contribution is 2.28. The molecular formula is C23H28FN5O4S. The number of amides is 2. The molecule has 1 saturated heterocycles. The molecule has 2 aliphatic heterocycles. The summed E-state index contributed by atoms with van der Waals surface area (Å²) in [4.78, 5) is 27.1. The number of hydrogen-bond donors (Lipinski definition) is 2. The Morgan fingerprint density at radius 3 is 2.71 bits per heavy atom. The fourth-order valence-corrected chi connectivity index (χ4v) is 5.43. The van der Waals surface area contributed by atoms with E-state index in [-0.39, 0.29) is 55.0 Å². The molecule has 2 amide bonds. The Balaban J connectivity index is 1.72. The van der Waals surface area contributed by atoms with Crippen LogP contribution in [-0.4, -0.2) is 60.6 Å². The molecule has 3 heterocycles. The Morgan fingerprint density at radius 2 is 1.97 bits per heavy atom. The number of carbonyl (C=O) groups excluding carboxylic acids is 2. The van der Waals surface area contributed by atoms with Crippen molar-refractivity contribution < 1.29 is 22.4 Å². The zero-order chi connectivity index (χ0) is 24.5. The molecule has 1 aromatic carbocycles. The lowest BCUT2D eigenvalue weighted by molar-refractivity contribution is -0.123. The van der Waals surface area contributed by atoms with Crippen molar-refractivity contribution in [1.29, 1.82) is 0 Å². The van der Waals surface area contributed by atoms with Gasteiger partial charge < -0.3 is 10.2 Å². The van der Waals surface area contributed by atoms with E-state index in [1.54, 1.807) is 35.3 Å². The second-order valence-electron chi connectivity index (χ2n) is 9.45. The number of rotatable bonds is 1. The third kappa shape index (κ3) is 5.20. The van der Waals surface area contributed by atoms with Crippen LogP contribution >= 0.6 is 0 Å². The van der Waals surface area contributed by atoms with Gasteiger partial charge in [0.05, 0.1) is 12.1 Å². The number of benzene rings is 1. The summed E-state index contributed by atoms with van der Waals surface area (Å²) in [6.07, 6.45) is 7.63. The van der Waals surface area contributed by atoms with Gasteiger partial charge in [-0.05, 0) is 36.1 Å². The van der Waals surface area contributed by atoms with Crippen molar-refractivity contribution in [2.45, 2.75) is 43.7 Å². The summed E-state index contributed by atoms with van der Waals surface area (Å²) in [6.45, 7) is 4.33. The first kappa shape index (κ1) is 24.1. The molecule has 0 unspecified atom stereocenters. The number of carbonyl (C=O) groups is 2. The van der Waals surface area contributed by atoms with Crippen LogP contribution < -0.4 is 10.0 Å². The largest absolute Gasteiger partial charge is 0.349 e. The number of fused-ring (bicyclic) bond motifs is 4. The minimum Gasteiger partial charge on any atom is -0.349 e. The number of sulfonamides is 1. The monoisotopic (exact) mass is 489 g/mol. The lowest BCUT2D eigenvalue weighted by Gasteiger charge is -2.25. The molecule has 2 N–H and O–H groups in total. The van der Waals surface area contributed by atoms with Crippen LogP contribution in [0.25, 0.3) is 0 Å². The van der Waals surface area contributed by atoms with Crippen LogP contribution in [0.1, 0.15) is 43.1 Å². The minimum absolute atomic E-state index is 0.0397. The predicted octanol–water partition coefficient (Wildman–Crippen LogP) is 1.86. The zero-order valence-corrected chi connectivity index (χ0v) is 19.9. The van der Waals surface area contributed by atoms with E-state index in [0.717, 1.165) is 12.1 Å². The molecule has 0 radical (unpaired) electrons. The molecule has 0 aliphatic carbocycles. The normalized spacial score (nSPS) is 26.0. The Labute approximate surface area is 198 Å². The van der Waals surface area contributed by atoms with Gasteiger partial charge in [-0.3, -0.25) is 14.3 Å². The first-order chi connectivity index (χ1) is 16.1. The topological polar surface area (TPSA) is 113 Å². The van der Waals surface area contributed by atoms with Crippen molar-refractivity contribution in [3.63, 3.8) is 0 Å². The van der Waals surface area contributed by atoms with Gasteiger partial charge in [-0.2, -0.15) is 5.10 Å². The summed E-state index contributed by atoms with van der Waals surface area (Å²) in [7, 11) is -4.17. The number of hydrogen-bond acceptors (Lipinski definition) is 5. The van der Waals surface area contributed by atoms with Gasteiger partial charge in [-0.1, -0.05) is 26.0 Å². The summed E-state index contributed by atoms with van der Waals surface area (Å²) in [6, 6.07) is 4.39. The molecule has 0 spiro atoms. The fourth-order valence-electron chi connectivity index (χ4n) is 4.35. The van der Waals surface area contributed by atoms with Crippen molar-refractivity contribution in [3.8, 4) is 0 Å². The van der Waals surface area contributed by atoms with Crippen LogP contribution in [0.4, 0.5) is 4.39 Å². The molecule has 34 heavy (non-hydrogen) atoms. The van der Waals surface area contributed by atoms with E-state index in [1.165, 1.54) is 11.0 Å². The fraction of sp³-hybridized carbons (Fsp3) is 0.435. The van der Waals surface area contributed by atoms with Gasteiger partial charge in [0.25, 0.3) is 5.91 Å². The Kier molecular flexibility index (Phi) is 6.59. The lowest BCUT2D eigenvalue weighted by Crippen LogP contribution is -2.43. The Morgan fingerprint density at radius 1 is 1.18 bits per heavy atom. The van der Waals surface area contributed by atoms with Crippen LogP contribution in [0, 0.1) is 11.2 Å². The van der Waals surface area contributed by atoms with Crippen LogP contribution in [0.5, 0.6) is 0 Å². The SMILES string of the molecule is CC1(C)C/C=C/CNS(=O)(=O)c2cc(ccc2F)C(=O)N2C[C@@H](NC(=O)C1)[C@@H](n1cccn1)C2. The molecule has 1 aromatic heterocycles. The summed E-state index contributed by atoms with van der Waals surface area (Å²) in [5, 5.41) is 7.34. The molecule has 0 saturated carbocycles. The maximum Gasteiger partial charge on any atom is 0.254 e. The highest BCUT2D eigenvalue weighted by Gasteiger charge is 2.39. The number of aromatic nitrogens is 2. The van der Waals surface area contributed by atoms with Crippen molar-refractivity contribution >= 4 is 21.8 Å². The number of halogens is 1. The average Bonchev–Trinajstić information content (AvgIpc) is 3.42. The third-order valence-corrected chi connectivity index (χ3v) is 7.56. The van der Waals surface area contributed by atoms with Crippen molar-refractivity contribution in [3.05, 3.63) is 60.2 Å². The van der Waals surface area contributed by atoms with Gasteiger partial charge in [0.2, 0.25) is 15.9 Å². The molecular weight excluding hydrogens is 461 g/mol. The molecule has 1 fully saturated rings. The molecule has 11 heteroatoms. The Hall–Kier alpha value is -3.05. The predicted molar refractivity (Wildman–Crippen MR) is 123 cm³/mol. The highest BCUT2D eigenvalue weighted by atomic mass is 32.2. The van der Waals surface area contributed by atoms with Gasteiger partial charge in [-0.15, -0.1) is 0 Å². The van der Waals surface area contributed by atoms with Crippen LogP contribution in [0.2, 0.25) is 0 Å². The van der Waals surface area contributed by atoms with Crippen molar-refractivity contribution in [1.82, 2.24) is 24.7 Å². The molecule has 9 nitrogen and oxygen atoms in total. The van der Waals surface area contributed by atoms with Gasteiger partial charge in [0, 0.05) is 44.0 Å². The number of nitrogens with one attached hydrogen (secondary N) is 2. The number of allylic oxidation sites excluding steroid dienone is 1. The van der Waals surface area contributed by atoms with E-state index < -0.39 is 26.6 Å². The standard InChI is InChI=1S/C23H28FN5O4S/c1-23(2)8-3-4-10-26-34(32,33)20-12-16(6-7-17(20)24)22(31)28-14-18(27-21(30)13-23)19(15-28)29-11-5-9-25-29/h3-7,9,11-12,18-19,26H,8,10,13-15H2,1-2H3,(H,27,30)/b4-3+/t18-,19+/m1/s1. The van der Waals surface area contributed by atoms with Crippen molar-refractivity contribution in [2.75, 3.05) is 19.6 Å². The number of nitrogens with zero attached hydrogens (tertiary/aromatic N) is 3. The summed E-state index contributed by atoms with van der Waals surface area (Å²) in [5.41, 5.74) is -0.324. The second kappa shape index (κ2) is 9.30. The summed E-state index contributed by atoms with van der Waals surface area (Å²) in [5.74, 6) is -1.52. The molecule has 4 rings (SSSR count). The molecule has 4 bridgehead atoms. The van der Waals surface area contributed by atoms with E-state index in [2.05, 4.69) is 15.1 Å². The highest BCUT2D eigenvalue weighted by molar-refractivity contribution is 7.89. The molecule has 2 aromatic rings. The first-order valence-electron chi connectivity index (χ1n) is 11.1. The summed E-state index contributed by atoms with van der Waals surface area (Å²) < 4.78 is 43.9.